The van der Waals surface area contributed by atoms with Crippen molar-refractivity contribution in [3.05, 3.63) is 137 Å². The number of rotatable bonds is 4. The lowest BCUT2D eigenvalue weighted by Gasteiger charge is -2.00. The zero-order valence-electron chi connectivity index (χ0n) is 16.8. The highest BCUT2D eigenvalue weighted by Gasteiger charge is 2.07. The minimum absolute atomic E-state index is 0.0237. The first-order chi connectivity index (χ1) is 14.5. The predicted octanol–water partition coefficient (Wildman–Crippen LogP) is 5.73. The third-order valence-corrected chi connectivity index (χ3v) is 4.56. The first-order valence-electron chi connectivity index (χ1n) is 9.66. The highest BCUT2D eigenvalue weighted by atomic mass is 16.1. The van der Waals surface area contributed by atoms with Gasteiger partial charge < -0.3 is 5.73 Å². The maximum Gasteiger partial charge on any atom is 0.193 e. The topological polar surface area (TPSA) is 60.2 Å². The number of nitrogen functional groups attached to an aromatic ring is 1. The molecule has 4 aromatic carbocycles. The van der Waals surface area contributed by atoms with Crippen LogP contribution >= 0.6 is 0 Å². The van der Waals surface area contributed by atoms with E-state index >= 15 is 0 Å². The van der Waals surface area contributed by atoms with Crippen molar-refractivity contribution in [3.63, 3.8) is 0 Å². The van der Waals surface area contributed by atoms with Crippen molar-refractivity contribution < 1.29 is 9.59 Å². The molecule has 0 aliphatic heterocycles. The Bertz CT molecular complexity index is 1010. The molecule has 148 valence electrons. The molecular weight excluding hydrogens is 370 g/mol. The van der Waals surface area contributed by atoms with Crippen LogP contribution in [0.4, 0.5) is 5.69 Å². The fourth-order valence-electron chi connectivity index (χ4n) is 2.85. The molecule has 0 aliphatic carbocycles. The zero-order valence-corrected chi connectivity index (χ0v) is 16.8. The smallest absolute Gasteiger partial charge is 0.193 e. The average Bonchev–Trinajstić information content (AvgIpc) is 2.81. The number of benzene rings is 4. The highest BCUT2D eigenvalue weighted by Crippen LogP contribution is 2.12. The van der Waals surface area contributed by atoms with Gasteiger partial charge in [-0.05, 0) is 31.2 Å². The molecule has 30 heavy (non-hydrogen) atoms. The Morgan fingerprint density at radius 2 is 0.833 bits per heavy atom. The van der Waals surface area contributed by atoms with Crippen LogP contribution in [0.1, 0.15) is 37.4 Å². The molecule has 0 radical (unpaired) electrons. The van der Waals surface area contributed by atoms with Crippen LogP contribution in [0.2, 0.25) is 0 Å². The zero-order chi connectivity index (χ0) is 21.3. The van der Waals surface area contributed by atoms with Crippen molar-refractivity contribution in [1.82, 2.24) is 0 Å². The standard InChI is InChI=1S/C14H12O.C13H11NO/c1-11-7-9-13(10-8-11)14(15)12-5-3-2-4-6-12;14-12-8-6-11(7-9-12)13(15)10-4-2-1-3-5-10/h2-10H,1H3;1-9H,14H2. The lowest BCUT2D eigenvalue weighted by Crippen LogP contribution is -2.00. The summed E-state index contributed by atoms with van der Waals surface area (Å²) in [7, 11) is 0. The van der Waals surface area contributed by atoms with Crippen molar-refractivity contribution in [2.45, 2.75) is 6.92 Å². The minimum atomic E-state index is 0.0237. The van der Waals surface area contributed by atoms with Crippen molar-refractivity contribution in [3.8, 4) is 0 Å². The molecule has 3 nitrogen and oxygen atoms in total. The monoisotopic (exact) mass is 393 g/mol. The Kier molecular flexibility index (Phi) is 6.91. The molecular formula is C27H23NO2. The van der Waals surface area contributed by atoms with Gasteiger partial charge in [0.25, 0.3) is 0 Å². The van der Waals surface area contributed by atoms with Crippen LogP contribution in [0.3, 0.4) is 0 Å². The van der Waals surface area contributed by atoms with Crippen LogP contribution in [-0.2, 0) is 0 Å². The molecule has 0 fully saturated rings. The Morgan fingerprint density at radius 1 is 0.500 bits per heavy atom. The summed E-state index contributed by atoms with van der Waals surface area (Å²) < 4.78 is 0. The van der Waals surface area contributed by atoms with Crippen LogP contribution < -0.4 is 5.73 Å². The maximum atomic E-state index is 12.0. The molecule has 0 unspecified atom stereocenters. The molecule has 0 aromatic heterocycles. The van der Waals surface area contributed by atoms with Crippen molar-refractivity contribution in [2.75, 3.05) is 5.73 Å². The molecule has 0 amide bonds. The van der Waals surface area contributed by atoms with Gasteiger partial charge in [0.2, 0.25) is 0 Å². The average molecular weight is 393 g/mol. The van der Waals surface area contributed by atoms with Crippen LogP contribution in [0, 0.1) is 6.92 Å². The molecule has 0 heterocycles. The Hall–Kier alpha value is -3.98. The minimum Gasteiger partial charge on any atom is -0.399 e. The second-order valence-electron chi connectivity index (χ2n) is 6.88. The fourth-order valence-corrected chi connectivity index (χ4v) is 2.85. The second kappa shape index (κ2) is 9.99. The summed E-state index contributed by atoms with van der Waals surface area (Å²) in [6, 6.07) is 33.1. The fraction of sp³-hybridized carbons (Fsp3) is 0.0370. The maximum absolute atomic E-state index is 12.0. The molecule has 0 aliphatic rings. The SMILES string of the molecule is Cc1ccc(C(=O)c2ccccc2)cc1.Nc1ccc(C(=O)c2ccccc2)cc1. The van der Waals surface area contributed by atoms with Gasteiger partial charge in [-0.2, -0.15) is 0 Å². The summed E-state index contributed by atoms with van der Waals surface area (Å²) in [5.41, 5.74) is 10.2. The Labute approximate surface area is 176 Å². The van der Waals surface area contributed by atoms with Gasteiger partial charge in [-0.15, -0.1) is 0 Å². The van der Waals surface area contributed by atoms with Gasteiger partial charge in [0, 0.05) is 27.9 Å². The van der Waals surface area contributed by atoms with E-state index in [-0.39, 0.29) is 11.6 Å². The lowest BCUT2D eigenvalue weighted by atomic mass is 10.0. The number of hydrogen-bond donors (Lipinski definition) is 1. The molecule has 2 N–H and O–H groups in total. The van der Waals surface area contributed by atoms with E-state index < -0.39 is 0 Å². The second-order valence-corrected chi connectivity index (χ2v) is 6.88. The third kappa shape index (κ3) is 5.52. The Morgan fingerprint density at radius 3 is 1.23 bits per heavy atom. The van der Waals surface area contributed by atoms with Crippen LogP contribution in [0.25, 0.3) is 0 Å². The van der Waals surface area contributed by atoms with Crippen molar-refractivity contribution in [1.29, 1.82) is 0 Å². The first kappa shape index (κ1) is 20.7. The van der Waals surface area contributed by atoms with Crippen LogP contribution in [0.5, 0.6) is 0 Å². The van der Waals surface area contributed by atoms with E-state index in [4.69, 9.17) is 5.73 Å². The van der Waals surface area contributed by atoms with Crippen molar-refractivity contribution in [2.24, 2.45) is 0 Å². The molecule has 4 rings (SSSR count). The van der Waals surface area contributed by atoms with Crippen LogP contribution in [0.15, 0.2) is 109 Å². The van der Waals surface area contributed by atoms with Gasteiger partial charge in [0.05, 0.1) is 0 Å². The van der Waals surface area contributed by atoms with E-state index in [1.807, 2.05) is 79.7 Å². The number of carbonyl (C=O) groups is 2. The summed E-state index contributed by atoms with van der Waals surface area (Å²) in [6.45, 7) is 2.01. The highest BCUT2D eigenvalue weighted by molar-refractivity contribution is 6.09. The van der Waals surface area contributed by atoms with Gasteiger partial charge >= 0.3 is 0 Å². The van der Waals surface area contributed by atoms with E-state index in [1.54, 1.807) is 36.4 Å². The number of nitrogens with two attached hydrogens (primary N) is 1. The molecule has 0 atom stereocenters. The van der Waals surface area contributed by atoms with E-state index in [0.717, 1.165) is 11.1 Å². The van der Waals surface area contributed by atoms with Gasteiger partial charge in [0.1, 0.15) is 0 Å². The van der Waals surface area contributed by atoms with E-state index in [9.17, 15) is 9.59 Å². The molecule has 0 spiro atoms. The number of aryl methyl sites for hydroxylation is 1. The van der Waals surface area contributed by atoms with Crippen molar-refractivity contribution >= 4 is 17.3 Å². The normalized spacial score (nSPS) is 9.90. The summed E-state index contributed by atoms with van der Waals surface area (Å²) in [6.07, 6.45) is 0. The van der Waals surface area contributed by atoms with Gasteiger partial charge in [-0.3, -0.25) is 9.59 Å². The van der Waals surface area contributed by atoms with E-state index in [1.165, 1.54) is 5.56 Å². The quantitative estimate of drug-likeness (QED) is 0.356. The van der Waals surface area contributed by atoms with E-state index in [0.29, 0.717) is 16.8 Å². The largest absolute Gasteiger partial charge is 0.399 e. The summed E-state index contributed by atoms with van der Waals surface area (Å²) in [5, 5.41) is 0. The third-order valence-electron chi connectivity index (χ3n) is 4.56. The van der Waals surface area contributed by atoms with Crippen LogP contribution in [-0.4, -0.2) is 11.6 Å². The number of ketones is 2. The summed E-state index contributed by atoms with van der Waals surface area (Å²) >= 11 is 0. The molecule has 3 heteroatoms. The molecule has 0 saturated carbocycles. The van der Waals surface area contributed by atoms with E-state index in [2.05, 4.69) is 0 Å². The summed E-state index contributed by atoms with van der Waals surface area (Å²) in [4.78, 5) is 23.9. The number of carbonyl (C=O) groups excluding carboxylic acids is 2. The predicted molar refractivity (Wildman–Crippen MR) is 122 cm³/mol. The molecule has 0 saturated heterocycles. The van der Waals surface area contributed by atoms with Gasteiger partial charge in [0.15, 0.2) is 11.6 Å². The number of hydrogen-bond acceptors (Lipinski definition) is 3. The lowest BCUT2D eigenvalue weighted by molar-refractivity contribution is 0.103. The van der Waals surface area contributed by atoms with Gasteiger partial charge in [-0.25, -0.2) is 0 Å². The first-order valence-corrected chi connectivity index (χ1v) is 9.66. The summed E-state index contributed by atoms with van der Waals surface area (Å²) in [5.74, 6) is 0.103. The Balaban J connectivity index is 0.000000171. The number of anilines is 1. The molecule has 4 aromatic rings. The van der Waals surface area contributed by atoms with Gasteiger partial charge in [-0.1, -0.05) is 90.5 Å². The molecule has 0 bridgehead atoms.